The summed E-state index contributed by atoms with van der Waals surface area (Å²) in [6.45, 7) is 5.41. The number of hydrogen-bond acceptors (Lipinski definition) is 9. The summed E-state index contributed by atoms with van der Waals surface area (Å²) in [5.74, 6) is 0. The third-order valence-electron chi connectivity index (χ3n) is 9.31. The van der Waals surface area contributed by atoms with Crippen molar-refractivity contribution in [3.63, 3.8) is 0 Å². The molecule has 0 spiro atoms. The first kappa shape index (κ1) is 36.6. The SMILES string of the molecule is CC(C)(C)[Si](OC[C@@]1(COS(C)(=O)=O)O[C@@H](n2ccc(=O)[nH]c2=O)[C@H](O)[C@@H]1OCc1ccc2ccccc2c1)(c1ccccc1)c1ccccc1. The number of nitrogens with zero attached hydrogens (tertiary/aromatic N) is 1. The van der Waals surface area contributed by atoms with E-state index in [1.165, 1.54) is 6.20 Å². The van der Waals surface area contributed by atoms with Gasteiger partial charge in [0, 0.05) is 12.3 Å². The average molecular weight is 731 g/mol. The minimum absolute atomic E-state index is 0.00298. The van der Waals surface area contributed by atoms with Crippen molar-refractivity contribution in [2.24, 2.45) is 0 Å². The molecule has 1 saturated heterocycles. The molecule has 1 aliphatic rings. The Kier molecular flexibility index (Phi) is 10.3. The van der Waals surface area contributed by atoms with E-state index in [0.29, 0.717) is 0 Å². The van der Waals surface area contributed by atoms with Gasteiger partial charge in [0.05, 0.1) is 19.5 Å². The van der Waals surface area contributed by atoms with Crippen molar-refractivity contribution in [3.05, 3.63) is 142 Å². The number of fused-ring (bicyclic) bond motifs is 1. The summed E-state index contributed by atoms with van der Waals surface area (Å²) in [7, 11) is -7.31. The van der Waals surface area contributed by atoms with Crippen LogP contribution in [0.3, 0.4) is 0 Å². The van der Waals surface area contributed by atoms with Crippen LogP contribution < -0.4 is 21.6 Å². The fraction of sp³-hybridized carbons (Fsp3) is 0.316. The molecule has 0 radical (unpaired) electrons. The Bertz CT molecular complexity index is 2160. The summed E-state index contributed by atoms with van der Waals surface area (Å²) in [6, 6.07) is 34.5. The van der Waals surface area contributed by atoms with Crippen molar-refractivity contribution in [2.45, 2.75) is 56.5 Å². The van der Waals surface area contributed by atoms with Crippen LogP contribution in [0.1, 0.15) is 32.6 Å². The maximum absolute atomic E-state index is 13.1. The molecule has 1 aromatic heterocycles. The lowest BCUT2D eigenvalue weighted by molar-refractivity contribution is -0.156. The van der Waals surface area contributed by atoms with E-state index in [-0.39, 0.29) is 13.2 Å². The molecule has 1 aliphatic heterocycles. The molecule has 268 valence electrons. The molecule has 1 fully saturated rings. The largest absolute Gasteiger partial charge is 0.404 e. The predicted molar refractivity (Wildman–Crippen MR) is 197 cm³/mol. The number of aromatic amines is 1. The molecule has 4 atom stereocenters. The van der Waals surface area contributed by atoms with Crippen LogP contribution >= 0.6 is 0 Å². The predicted octanol–water partition coefficient (Wildman–Crippen LogP) is 3.46. The molecule has 0 bridgehead atoms. The van der Waals surface area contributed by atoms with Gasteiger partial charge in [-0.05, 0) is 37.8 Å². The van der Waals surface area contributed by atoms with Crippen molar-refractivity contribution >= 4 is 39.6 Å². The molecule has 0 amide bonds. The van der Waals surface area contributed by atoms with Crippen molar-refractivity contribution in [3.8, 4) is 0 Å². The molecule has 11 nitrogen and oxygen atoms in total. The molecule has 51 heavy (non-hydrogen) atoms. The van der Waals surface area contributed by atoms with E-state index >= 15 is 0 Å². The van der Waals surface area contributed by atoms with E-state index in [0.717, 1.165) is 43.6 Å². The Hall–Kier alpha value is -4.21. The molecular weight excluding hydrogens is 689 g/mol. The van der Waals surface area contributed by atoms with Gasteiger partial charge in [-0.1, -0.05) is 118 Å². The molecule has 13 heteroatoms. The first-order valence-corrected chi connectivity index (χ1v) is 20.3. The van der Waals surface area contributed by atoms with E-state index in [2.05, 4.69) is 25.8 Å². The highest BCUT2D eigenvalue weighted by molar-refractivity contribution is 7.86. The Balaban J connectivity index is 1.48. The average Bonchev–Trinajstić information content (AvgIpc) is 3.37. The van der Waals surface area contributed by atoms with Crippen LogP contribution in [0.4, 0.5) is 0 Å². The molecular formula is C38H42N2O9SSi. The van der Waals surface area contributed by atoms with Crippen LogP contribution in [-0.2, 0) is 34.8 Å². The lowest BCUT2D eigenvalue weighted by Gasteiger charge is -2.45. The van der Waals surface area contributed by atoms with Gasteiger partial charge in [0.25, 0.3) is 24.0 Å². The highest BCUT2D eigenvalue weighted by Gasteiger charge is 2.60. The monoisotopic (exact) mass is 730 g/mol. The Morgan fingerprint density at radius 1 is 0.863 bits per heavy atom. The van der Waals surface area contributed by atoms with Crippen LogP contribution in [0, 0.1) is 0 Å². The van der Waals surface area contributed by atoms with Crippen molar-refractivity contribution < 1.29 is 31.6 Å². The van der Waals surface area contributed by atoms with Gasteiger partial charge in [-0.3, -0.25) is 18.5 Å². The Morgan fingerprint density at radius 3 is 2.06 bits per heavy atom. The molecule has 6 rings (SSSR count). The van der Waals surface area contributed by atoms with E-state index in [1.807, 2.05) is 103 Å². The van der Waals surface area contributed by atoms with Crippen LogP contribution in [0.5, 0.6) is 0 Å². The second kappa shape index (κ2) is 14.4. The normalized spacial score (nSPS) is 21.2. The highest BCUT2D eigenvalue weighted by atomic mass is 32.2. The maximum Gasteiger partial charge on any atom is 0.330 e. The number of aliphatic hydroxyl groups excluding tert-OH is 1. The Labute approximate surface area is 297 Å². The second-order valence-corrected chi connectivity index (χ2v) is 19.9. The smallest absolute Gasteiger partial charge is 0.330 e. The zero-order valence-corrected chi connectivity index (χ0v) is 30.7. The van der Waals surface area contributed by atoms with Crippen molar-refractivity contribution in [2.75, 3.05) is 19.5 Å². The van der Waals surface area contributed by atoms with Gasteiger partial charge in [0.15, 0.2) is 6.23 Å². The zero-order valence-electron chi connectivity index (χ0n) is 28.9. The highest BCUT2D eigenvalue weighted by Crippen LogP contribution is 2.43. The molecule has 2 heterocycles. The Morgan fingerprint density at radius 2 is 1.47 bits per heavy atom. The molecule has 5 aromatic rings. The fourth-order valence-corrected chi connectivity index (χ4v) is 12.0. The minimum Gasteiger partial charge on any atom is -0.404 e. The lowest BCUT2D eigenvalue weighted by atomic mass is 9.96. The molecule has 0 aliphatic carbocycles. The number of ether oxygens (including phenoxy) is 2. The van der Waals surface area contributed by atoms with Gasteiger partial charge in [-0.2, -0.15) is 8.42 Å². The van der Waals surface area contributed by atoms with Gasteiger partial charge in [0.1, 0.15) is 24.4 Å². The number of benzene rings is 4. The molecule has 4 aromatic carbocycles. The summed E-state index contributed by atoms with van der Waals surface area (Å²) in [6.07, 6.45) is -2.06. The van der Waals surface area contributed by atoms with E-state index in [9.17, 15) is 23.1 Å². The number of aliphatic hydroxyl groups is 1. The summed E-state index contributed by atoms with van der Waals surface area (Å²) in [4.78, 5) is 27.2. The van der Waals surface area contributed by atoms with E-state index < -0.39 is 65.4 Å². The van der Waals surface area contributed by atoms with Crippen molar-refractivity contribution in [1.82, 2.24) is 9.55 Å². The van der Waals surface area contributed by atoms with E-state index in [4.69, 9.17) is 18.1 Å². The van der Waals surface area contributed by atoms with Crippen molar-refractivity contribution in [1.29, 1.82) is 0 Å². The summed E-state index contributed by atoms with van der Waals surface area (Å²) >= 11 is 0. The number of aromatic nitrogens is 2. The maximum atomic E-state index is 13.1. The van der Waals surface area contributed by atoms with Crippen LogP contribution in [0.15, 0.2) is 125 Å². The summed E-state index contributed by atoms with van der Waals surface area (Å²) < 4.78 is 52.0. The summed E-state index contributed by atoms with van der Waals surface area (Å²) in [5.41, 5.74) is -2.44. The first-order valence-electron chi connectivity index (χ1n) is 16.6. The third-order valence-corrected chi connectivity index (χ3v) is 14.8. The summed E-state index contributed by atoms with van der Waals surface area (Å²) in [5, 5.41) is 15.5. The second-order valence-electron chi connectivity index (χ2n) is 13.9. The molecule has 2 N–H and O–H groups in total. The van der Waals surface area contributed by atoms with Gasteiger partial charge >= 0.3 is 5.69 Å². The molecule has 0 unspecified atom stereocenters. The van der Waals surface area contributed by atoms with Gasteiger partial charge < -0.3 is 19.0 Å². The minimum atomic E-state index is -4.04. The topological polar surface area (TPSA) is 146 Å². The number of nitrogens with one attached hydrogen (secondary N) is 1. The van der Waals surface area contributed by atoms with Crippen LogP contribution in [0.2, 0.25) is 5.04 Å². The fourth-order valence-electron chi connectivity index (χ4n) is 6.92. The third kappa shape index (κ3) is 7.56. The number of rotatable bonds is 12. The molecule has 0 saturated carbocycles. The van der Waals surface area contributed by atoms with E-state index in [1.54, 1.807) is 0 Å². The van der Waals surface area contributed by atoms with Crippen LogP contribution in [-0.4, -0.2) is 68.7 Å². The number of hydrogen-bond donors (Lipinski definition) is 2. The van der Waals surface area contributed by atoms with Gasteiger partial charge in [-0.15, -0.1) is 0 Å². The quantitative estimate of drug-likeness (QED) is 0.146. The van der Waals surface area contributed by atoms with Crippen LogP contribution in [0.25, 0.3) is 10.8 Å². The standard InChI is InChI=1S/C38H42N2O9SSi/c1-37(2,3)51(30-15-7-5-8-16-30,31-17-9-6-10-18-31)48-26-38(25-47-50(4,44)45)34(33(42)35(49-38)40-22-21-32(41)39-36(40)43)46-24-27-19-20-28-13-11-12-14-29(28)23-27/h5-23,33-35,42H,24-26H2,1-4H3,(H,39,41,43)/t33-,34+,35-,38-/m1/s1. The first-order chi connectivity index (χ1) is 24.2. The van der Waals surface area contributed by atoms with Gasteiger partial charge in [0.2, 0.25) is 0 Å². The zero-order chi connectivity index (χ0) is 36.4. The lowest BCUT2D eigenvalue weighted by Crippen LogP contribution is -2.68. The van der Waals surface area contributed by atoms with Gasteiger partial charge in [-0.25, -0.2) is 4.79 Å². The number of H-pyrrole nitrogens is 1.